The monoisotopic (exact) mass is 271 g/mol. The Bertz CT molecular complexity index is 325. The van der Waals surface area contributed by atoms with Crippen molar-refractivity contribution < 1.29 is 9.90 Å². The predicted octanol–water partition coefficient (Wildman–Crippen LogP) is 1.56. The van der Waals surface area contributed by atoms with Crippen molar-refractivity contribution in [3.05, 3.63) is 35.9 Å². The molecule has 15 heavy (non-hydrogen) atoms. The van der Waals surface area contributed by atoms with Crippen LogP contribution in [0.5, 0.6) is 0 Å². The average Bonchev–Trinajstić information content (AvgIpc) is 2.27. The van der Waals surface area contributed by atoms with Crippen LogP contribution in [-0.2, 0) is 0 Å². The molecule has 0 aliphatic carbocycles. The van der Waals surface area contributed by atoms with Gasteiger partial charge in [0.05, 0.1) is 5.60 Å². The summed E-state index contributed by atoms with van der Waals surface area (Å²) in [5.41, 5.74) is -0.312. The van der Waals surface area contributed by atoms with Gasteiger partial charge in [-0.05, 0) is 19.1 Å². The lowest BCUT2D eigenvalue weighted by atomic mass is 10.1. The zero-order valence-corrected chi connectivity index (χ0v) is 10.1. The lowest BCUT2D eigenvalue weighted by Crippen LogP contribution is -2.41. The van der Waals surface area contributed by atoms with Gasteiger partial charge in [0, 0.05) is 17.4 Å². The molecule has 0 radical (unpaired) electrons. The van der Waals surface area contributed by atoms with E-state index in [4.69, 9.17) is 0 Å². The first-order valence-electron chi connectivity index (χ1n) is 4.67. The third-order valence-corrected chi connectivity index (χ3v) is 3.16. The molecule has 0 bridgehead atoms. The van der Waals surface area contributed by atoms with Crippen LogP contribution < -0.4 is 5.32 Å². The van der Waals surface area contributed by atoms with Gasteiger partial charge in [-0.2, -0.15) is 0 Å². The fraction of sp³-hybridized carbons (Fsp3) is 0.364. The number of benzene rings is 1. The van der Waals surface area contributed by atoms with Crippen LogP contribution in [0.3, 0.4) is 0 Å². The van der Waals surface area contributed by atoms with Gasteiger partial charge < -0.3 is 10.4 Å². The molecule has 1 rings (SSSR count). The largest absolute Gasteiger partial charge is 0.387 e. The Kier molecular flexibility index (Phi) is 4.29. The number of hydrogen-bond donors (Lipinski definition) is 2. The lowest BCUT2D eigenvalue weighted by Gasteiger charge is -2.20. The topological polar surface area (TPSA) is 49.3 Å². The molecule has 0 saturated carbocycles. The fourth-order valence-electron chi connectivity index (χ4n) is 1.01. The van der Waals surface area contributed by atoms with Crippen LogP contribution in [0.25, 0.3) is 0 Å². The number of hydrogen-bond acceptors (Lipinski definition) is 2. The van der Waals surface area contributed by atoms with Crippen LogP contribution in [0.1, 0.15) is 17.3 Å². The van der Waals surface area contributed by atoms with Crippen LogP contribution >= 0.6 is 15.9 Å². The van der Waals surface area contributed by atoms with Crippen LogP contribution in [0.4, 0.5) is 0 Å². The molecule has 82 valence electrons. The van der Waals surface area contributed by atoms with E-state index in [1.807, 2.05) is 6.07 Å². The second-order valence-electron chi connectivity index (χ2n) is 3.68. The predicted molar refractivity (Wildman–Crippen MR) is 63.2 cm³/mol. The highest BCUT2D eigenvalue weighted by Gasteiger charge is 2.19. The van der Waals surface area contributed by atoms with Crippen molar-refractivity contribution in [1.29, 1.82) is 0 Å². The summed E-state index contributed by atoms with van der Waals surface area (Å²) in [6, 6.07) is 8.93. The maximum absolute atomic E-state index is 11.6. The first kappa shape index (κ1) is 12.2. The highest BCUT2D eigenvalue weighted by atomic mass is 79.9. The number of alkyl halides is 1. The molecule has 3 nitrogen and oxygen atoms in total. The van der Waals surface area contributed by atoms with Crippen molar-refractivity contribution in [1.82, 2.24) is 5.32 Å². The minimum absolute atomic E-state index is 0.170. The number of aliphatic hydroxyl groups is 1. The number of carbonyl (C=O) groups excluding carboxylic acids is 1. The molecule has 0 fully saturated rings. The summed E-state index contributed by atoms with van der Waals surface area (Å²) < 4.78 is 0. The molecule has 1 aromatic carbocycles. The van der Waals surface area contributed by atoms with Crippen molar-refractivity contribution in [3.8, 4) is 0 Å². The summed E-state index contributed by atoms with van der Waals surface area (Å²) >= 11 is 3.18. The first-order chi connectivity index (χ1) is 7.05. The smallest absolute Gasteiger partial charge is 0.251 e. The number of carbonyl (C=O) groups is 1. The Labute approximate surface area is 97.6 Å². The third kappa shape index (κ3) is 4.01. The average molecular weight is 272 g/mol. The highest BCUT2D eigenvalue weighted by Crippen LogP contribution is 2.06. The van der Waals surface area contributed by atoms with Gasteiger partial charge in [0.15, 0.2) is 0 Å². The zero-order chi connectivity index (χ0) is 11.3. The van der Waals surface area contributed by atoms with Crippen LogP contribution in [0.15, 0.2) is 30.3 Å². The Hall–Kier alpha value is -0.870. The van der Waals surface area contributed by atoms with E-state index in [9.17, 15) is 9.90 Å². The van der Waals surface area contributed by atoms with E-state index < -0.39 is 5.60 Å². The van der Waals surface area contributed by atoms with E-state index in [0.717, 1.165) is 0 Å². The maximum atomic E-state index is 11.6. The molecular weight excluding hydrogens is 258 g/mol. The quantitative estimate of drug-likeness (QED) is 0.817. The third-order valence-electron chi connectivity index (χ3n) is 1.95. The van der Waals surface area contributed by atoms with E-state index in [2.05, 4.69) is 21.2 Å². The van der Waals surface area contributed by atoms with Crippen molar-refractivity contribution >= 4 is 21.8 Å². The van der Waals surface area contributed by atoms with Gasteiger partial charge in [0.25, 0.3) is 5.91 Å². The normalized spacial score (nSPS) is 14.3. The number of halogens is 1. The van der Waals surface area contributed by atoms with Crippen LogP contribution in [0, 0.1) is 0 Å². The summed E-state index contributed by atoms with van der Waals surface area (Å²) in [6.45, 7) is 1.89. The van der Waals surface area contributed by atoms with Gasteiger partial charge in [-0.25, -0.2) is 0 Å². The molecule has 0 aliphatic rings. The SMILES string of the molecule is CC(O)(CBr)CNC(=O)c1ccccc1. The van der Waals surface area contributed by atoms with Crippen molar-refractivity contribution in [2.24, 2.45) is 0 Å². The summed E-state index contributed by atoms with van der Waals surface area (Å²) in [6.07, 6.45) is 0. The second-order valence-corrected chi connectivity index (χ2v) is 4.24. The van der Waals surface area contributed by atoms with Crippen molar-refractivity contribution in [2.45, 2.75) is 12.5 Å². The van der Waals surface area contributed by atoms with E-state index in [1.165, 1.54) is 0 Å². The molecule has 0 saturated heterocycles. The summed E-state index contributed by atoms with van der Waals surface area (Å²) in [7, 11) is 0. The molecule has 1 unspecified atom stereocenters. The molecule has 0 heterocycles. The Morgan fingerprint density at radius 3 is 2.60 bits per heavy atom. The minimum Gasteiger partial charge on any atom is -0.387 e. The molecule has 0 aliphatic heterocycles. The van der Waals surface area contributed by atoms with Gasteiger partial charge in [-0.1, -0.05) is 34.1 Å². The van der Waals surface area contributed by atoms with E-state index >= 15 is 0 Å². The first-order valence-corrected chi connectivity index (χ1v) is 5.79. The van der Waals surface area contributed by atoms with Gasteiger partial charge in [0.1, 0.15) is 0 Å². The Balaban J connectivity index is 2.51. The standard InChI is InChI=1S/C11H14BrNO2/c1-11(15,7-12)8-13-10(14)9-5-3-2-4-6-9/h2-6,15H,7-8H2,1H3,(H,13,14). The molecule has 0 aromatic heterocycles. The summed E-state index contributed by atoms with van der Waals surface area (Å²) in [5.74, 6) is -0.170. The Morgan fingerprint density at radius 2 is 2.07 bits per heavy atom. The summed E-state index contributed by atoms with van der Waals surface area (Å²) in [4.78, 5) is 11.6. The van der Waals surface area contributed by atoms with Crippen molar-refractivity contribution in [2.75, 3.05) is 11.9 Å². The van der Waals surface area contributed by atoms with Crippen LogP contribution in [-0.4, -0.2) is 28.5 Å². The Morgan fingerprint density at radius 1 is 1.47 bits per heavy atom. The molecule has 4 heteroatoms. The van der Waals surface area contributed by atoms with Gasteiger partial charge in [0.2, 0.25) is 0 Å². The zero-order valence-electron chi connectivity index (χ0n) is 8.53. The summed E-state index contributed by atoms with van der Waals surface area (Å²) in [5, 5.41) is 12.8. The number of amides is 1. The number of nitrogens with one attached hydrogen (secondary N) is 1. The maximum Gasteiger partial charge on any atom is 0.251 e. The molecule has 1 amide bonds. The highest BCUT2D eigenvalue weighted by molar-refractivity contribution is 9.09. The van der Waals surface area contributed by atoms with E-state index in [-0.39, 0.29) is 12.5 Å². The fourth-order valence-corrected chi connectivity index (χ4v) is 1.21. The lowest BCUT2D eigenvalue weighted by molar-refractivity contribution is 0.0731. The van der Waals surface area contributed by atoms with Gasteiger partial charge >= 0.3 is 0 Å². The van der Waals surface area contributed by atoms with E-state index in [1.54, 1.807) is 31.2 Å². The number of rotatable bonds is 4. The molecular formula is C11H14BrNO2. The molecule has 1 atom stereocenters. The molecule has 0 spiro atoms. The van der Waals surface area contributed by atoms with E-state index in [0.29, 0.717) is 10.9 Å². The van der Waals surface area contributed by atoms with Crippen molar-refractivity contribution in [3.63, 3.8) is 0 Å². The molecule has 2 N–H and O–H groups in total. The van der Waals surface area contributed by atoms with Gasteiger partial charge in [-0.15, -0.1) is 0 Å². The molecule has 1 aromatic rings. The minimum atomic E-state index is -0.912. The second kappa shape index (κ2) is 5.28. The van der Waals surface area contributed by atoms with Crippen LogP contribution in [0.2, 0.25) is 0 Å². The van der Waals surface area contributed by atoms with Gasteiger partial charge in [-0.3, -0.25) is 4.79 Å².